The molecule has 0 aliphatic rings. The number of H-pyrrole nitrogens is 1. The molecule has 0 aromatic carbocycles. The minimum atomic E-state index is 0.231. The van der Waals surface area contributed by atoms with Crippen molar-refractivity contribution in [2.24, 2.45) is 0 Å². The van der Waals surface area contributed by atoms with Gasteiger partial charge in [0.1, 0.15) is 12.2 Å². The van der Waals surface area contributed by atoms with Crippen LogP contribution in [0.4, 0.5) is 0 Å². The number of hydrogen-bond donors (Lipinski definition) is 2. The standard InChI is InChI=1S/C12H13N5S/c1-8(13-6-12-15-7-16-17-12)9-4-11-10(14-5-9)2-3-18-11/h2-5,7-8,13H,6H2,1H3,(H,15,16,17). The summed E-state index contributed by atoms with van der Waals surface area (Å²) in [6.07, 6.45) is 3.44. The zero-order chi connectivity index (χ0) is 12.4. The molecule has 0 radical (unpaired) electrons. The summed E-state index contributed by atoms with van der Waals surface area (Å²) in [7, 11) is 0. The second kappa shape index (κ2) is 4.83. The Labute approximate surface area is 108 Å². The molecule has 0 spiro atoms. The number of thiophene rings is 1. The summed E-state index contributed by atoms with van der Waals surface area (Å²) in [6, 6.07) is 4.45. The zero-order valence-electron chi connectivity index (χ0n) is 9.92. The maximum atomic E-state index is 4.44. The first-order chi connectivity index (χ1) is 8.83. The van der Waals surface area contributed by atoms with Crippen LogP contribution in [0.15, 0.2) is 30.0 Å². The number of pyridine rings is 1. The molecular formula is C12H13N5S. The minimum absolute atomic E-state index is 0.231. The van der Waals surface area contributed by atoms with Gasteiger partial charge in [-0.15, -0.1) is 11.3 Å². The van der Waals surface area contributed by atoms with E-state index < -0.39 is 0 Å². The van der Waals surface area contributed by atoms with Gasteiger partial charge in [0.15, 0.2) is 0 Å². The fourth-order valence-corrected chi connectivity index (χ4v) is 2.57. The highest BCUT2D eigenvalue weighted by Gasteiger charge is 2.07. The molecule has 92 valence electrons. The second-order valence-electron chi connectivity index (χ2n) is 4.11. The smallest absolute Gasteiger partial charge is 0.138 e. The van der Waals surface area contributed by atoms with Crippen molar-refractivity contribution in [1.29, 1.82) is 0 Å². The van der Waals surface area contributed by atoms with Gasteiger partial charge in [-0.25, -0.2) is 4.98 Å². The van der Waals surface area contributed by atoms with Crippen LogP contribution in [0.1, 0.15) is 24.4 Å². The molecule has 2 N–H and O–H groups in total. The van der Waals surface area contributed by atoms with E-state index in [1.165, 1.54) is 16.6 Å². The lowest BCUT2D eigenvalue weighted by molar-refractivity contribution is 0.559. The molecule has 0 bridgehead atoms. The van der Waals surface area contributed by atoms with E-state index in [2.05, 4.69) is 43.9 Å². The molecule has 0 aliphatic heterocycles. The van der Waals surface area contributed by atoms with Crippen LogP contribution >= 0.6 is 11.3 Å². The highest BCUT2D eigenvalue weighted by atomic mass is 32.1. The maximum Gasteiger partial charge on any atom is 0.138 e. The van der Waals surface area contributed by atoms with Gasteiger partial charge in [0.2, 0.25) is 0 Å². The van der Waals surface area contributed by atoms with Gasteiger partial charge in [0.05, 0.1) is 16.8 Å². The molecule has 0 fully saturated rings. The summed E-state index contributed by atoms with van der Waals surface area (Å²) in [4.78, 5) is 8.52. The molecule has 3 aromatic heterocycles. The molecule has 0 amide bonds. The summed E-state index contributed by atoms with van der Waals surface area (Å²) in [5.41, 5.74) is 2.25. The molecule has 3 aromatic rings. The van der Waals surface area contributed by atoms with E-state index in [1.54, 1.807) is 11.3 Å². The summed E-state index contributed by atoms with van der Waals surface area (Å²) < 4.78 is 1.22. The van der Waals surface area contributed by atoms with Crippen molar-refractivity contribution in [2.45, 2.75) is 19.5 Å². The highest BCUT2D eigenvalue weighted by Crippen LogP contribution is 2.22. The number of hydrogen-bond acceptors (Lipinski definition) is 5. The zero-order valence-corrected chi connectivity index (χ0v) is 10.7. The molecule has 0 saturated carbocycles. The van der Waals surface area contributed by atoms with Crippen molar-refractivity contribution in [2.75, 3.05) is 0 Å². The minimum Gasteiger partial charge on any atom is -0.303 e. The van der Waals surface area contributed by atoms with Crippen molar-refractivity contribution >= 4 is 21.6 Å². The normalized spacial score (nSPS) is 12.9. The van der Waals surface area contributed by atoms with Gasteiger partial charge in [-0.2, -0.15) is 5.10 Å². The number of rotatable bonds is 4. The lowest BCUT2D eigenvalue weighted by Gasteiger charge is -2.12. The van der Waals surface area contributed by atoms with Crippen LogP contribution in [0.2, 0.25) is 0 Å². The Morgan fingerprint density at radius 3 is 3.22 bits per heavy atom. The first kappa shape index (κ1) is 11.3. The Kier molecular flexibility index (Phi) is 3.04. The molecule has 6 heteroatoms. The van der Waals surface area contributed by atoms with E-state index >= 15 is 0 Å². The summed E-state index contributed by atoms with van der Waals surface area (Å²) >= 11 is 1.72. The average Bonchev–Trinajstić information content (AvgIpc) is 3.05. The molecule has 0 aliphatic carbocycles. The Bertz CT molecular complexity index is 631. The fourth-order valence-electron chi connectivity index (χ4n) is 1.78. The fraction of sp³-hybridized carbons (Fsp3) is 0.250. The van der Waals surface area contributed by atoms with Gasteiger partial charge >= 0.3 is 0 Å². The van der Waals surface area contributed by atoms with Crippen LogP contribution in [-0.4, -0.2) is 20.2 Å². The van der Waals surface area contributed by atoms with E-state index in [0.29, 0.717) is 6.54 Å². The number of aromatic amines is 1. The SMILES string of the molecule is CC(NCc1ncn[nH]1)c1cnc2ccsc2c1. The molecule has 1 atom stereocenters. The van der Waals surface area contributed by atoms with Gasteiger partial charge < -0.3 is 5.32 Å². The van der Waals surface area contributed by atoms with Crippen LogP contribution in [0.3, 0.4) is 0 Å². The van der Waals surface area contributed by atoms with E-state index in [9.17, 15) is 0 Å². The first-order valence-electron chi connectivity index (χ1n) is 5.74. The van der Waals surface area contributed by atoms with Gasteiger partial charge in [0.25, 0.3) is 0 Å². The van der Waals surface area contributed by atoms with Gasteiger partial charge in [-0.1, -0.05) is 0 Å². The molecule has 1 unspecified atom stereocenters. The van der Waals surface area contributed by atoms with Crippen molar-refractivity contribution in [3.8, 4) is 0 Å². The van der Waals surface area contributed by atoms with Crippen molar-refractivity contribution in [3.63, 3.8) is 0 Å². The predicted octanol–water partition coefficient (Wildman–Crippen LogP) is 2.27. The molecule has 5 nitrogen and oxygen atoms in total. The number of nitrogens with one attached hydrogen (secondary N) is 2. The molecule has 0 saturated heterocycles. The van der Waals surface area contributed by atoms with Gasteiger partial charge in [-0.3, -0.25) is 10.1 Å². The van der Waals surface area contributed by atoms with Crippen LogP contribution in [0, 0.1) is 0 Å². The van der Waals surface area contributed by atoms with Crippen LogP contribution in [-0.2, 0) is 6.54 Å². The predicted molar refractivity (Wildman–Crippen MR) is 71.3 cm³/mol. The van der Waals surface area contributed by atoms with Gasteiger partial charge in [-0.05, 0) is 30.0 Å². The largest absolute Gasteiger partial charge is 0.303 e. The van der Waals surface area contributed by atoms with E-state index in [-0.39, 0.29) is 6.04 Å². The Hall–Kier alpha value is -1.79. The Balaban J connectivity index is 1.72. The lowest BCUT2D eigenvalue weighted by atomic mass is 10.1. The van der Waals surface area contributed by atoms with E-state index in [4.69, 9.17) is 0 Å². The quantitative estimate of drug-likeness (QED) is 0.754. The van der Waals surface area contributed by atoms with Gasteiger partial charge in [0, 0.05) is 12.2 Å². The molecule has 3 heterocycles. The topological polar surface area (TPSA) is 66.5 Å². The summed E-state index contributed by atoms with van der Waals surface area (Å²) in [6.45, 7) is 2.79. The Morgan fingerprint density at radius 1 is 1.44 bits per heavy atom. The first-order valence-corrected chi connectivity index (χ1v) is 6.61. The van der Waals surface area contributed by atoms with Crippen molar-refractivity contribution in [3.05, 3.63) is 41.4 Å². The number of nitrogens with zero attached hydrogens (tertiary/aromatic N) is 3. The van der Waals surface area contributed by atoms with E-state index in [1.807, 2.05) is 12.3 Å². The lowest BCUT2D eigenvalue weighted by Crippen LogP contribution is -2.19. The molecular weight excluding hydrogens is 246 g/mol. The maximum absolute atomic E-state index is 4.44. The van der Waals surface area contributed by atoms with Crippen molar-refractivity contribution in [1.82, 2.24) is 25.5 Å². The average molecular weight is 259 g/mol. The number of fused-ring (bicyclic) bond motifs is 1. The van der Waals surface area contributed by atoms with Crippen LogP contribution < -0.4 is 5.32 Å². The highest BCUT2D eigenvalue weighted by molar-refractivity contribution is 7.17. The number of aromatic nitrogens is 4. The molecule has 3 rings (SSSR count). The third-order valence-corrected chi connectivity index (χ3v) is 3.72. The third-order valence-electron chi connectivity index (χ3n) is 2.86. The molecule has 18 heavy (non-hydrogen) atoms. The third kappa shape index (κ3) is 2.25. The van der Waals surface area contributed by atoms with Crippen LogP contribution in [0.25, 0.3) is 10.2 Å². The van der Waals surface area contributed by atoms with Crippen molar-refractivity contribution < 1.29 is 0 Å². The van der Waals surface area contributed by atoms with E-state index in [0.717, 1.165) is 11.3 Å². The monoisotopic (exact) mass is 259 g/mol. The Morgan fingerprint density at radius 2 is 2.39 bits per heavy atom. The summed E-state index contributed by atoms with van der Waals surface area (Å²) in [5, 5.41) is 12.1. The van der Waals surface area contributed by atoms with Crippen LogP contribution in [0.5, 0.6) is 0 Å². The second-order valence-corrected chi connectivity index (χ2v) is 5.06. The summed E-state index contributed by atoms with van der Waals surface area (Å²) in [5.74, 6) is 0.840.